The molecular weight excluding hydrogens is 288 g/mol. The molecule has 0 bridgehead atoms. The summed E-state index contributed by atoms with van der Waals surface area (Å²) in [5, 5.41) is 0.620. The number of nitrogens with two attached hydrogens (primary N) is 1. The van der Waals surface area contributed by atoms with Crippen molar-refractivity contribution in [3.8, 4) is 0 Å². The van der Waals surface area contributed by atoms with Gasteiger partial charge in [-0.25, -0.2) is 0 Å². The Bertz CT molecular complexity index is 551. The Hall–Kier alpha value is -1.81. The average molecular weight is 307 g/mol. The van der Waals surface area contributed by atoms with Crippen LogP contribution in [0, 0.1) is 0 Å². The number of carbonyl (C=O) groups excluding carboxylic acids is 2. The minimum atomic E-state index is -0.480. The van der Waals surface area contributed by atoms with Gasteiger partial charge in [-0.15, -0.1) is 0 Å². The molecule has 1 aromatic rings. The van der Waals surface area contributed by atoms with Crippen LogP contribution in [0.4, 0.5) is 0 Å². The second-order valence-electron chi connectivity index (χ2n) is 5.26. The minimum Gasteiger partial charge on any atom is -0.368 e. The molecular formula is C16H19ClN2O2. The van der Waals surface area contributed by atoms with E-state index in [4.69, 9.17) is 17.3 Å². The van der Waals surface area contributed by atoms with Gasteiger partial charge >= 0.3 is 0 Å². The maximum atomic E-state index is 12.3. The number of hydrogen-bond donors (Lipinski definition) is 1. The molecule has 2 N–H and O–H groups in total. The molecule has 1 aliphatic carbocycles. The van der Waals surface area contributed by atoms with Crippen molar-refractivity contribution in [1.29, 1.82) is 0 Å². The van der Waals surface area contributed by atoms with E-state index in [1.807, 2.05) is 12.1 Å². The van der Waals surface area contributed by atoms with Crippen molar-refractivity contribution in [3.63, 3.8) is 0 Å². The van der Waals surface area contributed by atoms with Crippen molar-refractivity contribution in [2.75, 3.05) is 6.54 Å². The highest BCUT2D eigenvalue weighted by atomic mass is 35.5. The van der Waals surface area contributed by atoms with Gasteiger partial charge in [0.25, 0.3) is 0 Å². The molecule has 0 saturated heterocycles. The quantitative estimate of drug-likeness (QED) is 0.850. The summed E-state index contributed by atoms with van der Waals surface area (Å²) in [4.78, 5) is 25.1. The number of carbonyl (C=O) groups is 2. The van der Waals surface area contributed by atoms with Gasteiger partial charge in [-0.1, -0.05) is 36.6 Å². The first-order chi connectivity index (χ1) is 10.1. The van der Waals surface area contributed by atoms with Crippen LogP contribution >= 0.6 is 11.6 Å². The largest absolute Gasteiger partial charge is 0.368 e. The van der Waals surface area contributed by atoms with Crippen molar-refractivity contribution in [3.05, 3.63) is 40.9 Å². The molecule has 21 heavy (non-hydrogen) atoms. The van der Waals surface area contributed by atoms with Gasteiger partial charge in [0.05, 0.1) is 6.54 Å². The zero-order valence-corrected chi connectivity index (χ0v) is 12.6. The first-order valence-electron chi connectivity index (χ1n) is 7.09. The smallest absolute Gasteiger partial charge is 0.247 e. The molecule has 0 unspecified atom stereocenters. The normalized spacial score (nSPS) is 15.5. The molecule has 1 aromatic carbocycles. The van der Waals surface area contributed by atoms with Crippen LogP contribution < -0.4 is 5.73 Å². The highest BCUT2D eigenvalue weighted by molar-refractivity contribution is 6.30. The number of amides is 2. The zero-order chi connectivity index (χ0) is 15.2. The molecule has 0 radical (unpaired) electrons. The maximum Gasteiger partial charge on any atom is 0.247 e. The molecule has 2 amide bonds. The number of hydrogen-bond acceptors (Lipinski definition) is 2. The molecule has 0 atom stereocenters. The summed E-state index contributed by atoms with van der Waals surface area (Å²) in [6, 6.07) is 7.36. The van der Waals surface area contributed by atoms with Crippen LogP contribution in [-0.4, -0.2) is 29.3 Å². The van der Waals surface area contributed by atoms with Crippen LogP contribution in [0.2, 0.25) is 5.02 Å². The lowest BCUT2D eigenvalue weighted by atomic mass is 10.1. The van der Waals surface area contributed by atoms with E-state index in [0.29, 0.717) is 5.02 Å². The van der Waals surface area contributed by atoms with E-state index in [9.17, 15) is 9.59 Å². The summed E-state index contributed by atoms with van der Waals surface area (Å²) in [6.07, 6.45) is 7.23. The van der Waals surface area contributed by atoms with E-state index in [0.717, 1.165) is 31.2 Å². The highest BCUT2D eigenvalue weighted by Gasteiger charge is 2.26. The predicted molar refractivity (Wildman–Crippen MR) is 83.6 cm³/mol. The second-order valence-corrected chi connectivity index (χ2v) is 5.70. The first-order valence-corrected chi connectivity index (χ1v) is 7.46. The van der Waals surface area contributed by atoms with Crippen molar-refractivity contribution < 1.29 is 9.59 Å². The van der Waals surface area contributed by atoms with Gasteiger partial charge in [0.1, 0.15) is 0 Å². The fraction of sp³-hybridized carbons (Fsp3) is 0.375. The third kappa shape index (κ3) is 4.60. The topological polar surface area (TPSA) is 63.4 Å². The Labute approximate surface area is 129 Å². The lowest BCUT2D eigenvalue weighted by molar-refractivity contribution is -0.133. The Morgan fingerprint density at radius 1 is 1.33 bits per heavy atom. The van der Waals surface area contributed by atoms with Gasteiger partial charge in [0, 0.05) is 17.1 Å². The molecule has 1 fully saturated rings. The van der Waals surface area contributed by atoms with Crippen LogP contribution in [-0.2, 0) is 9.59 Å². The van der Waals surface area contributed by atoms with E-state index < -0.39 is 5.91 Å². The molecule has 0 heterocycles. The van der Waals surface area contributed by atoms with Gasteiger partial charge in [0.2, 0.25) is 11.8 Å². The SMILES string of the molecule is NC(=O)CN(C(=O)/C=C\c1cccc(Cl)c1)C1CCCC1. The van der Waals surface area contributed by atoms with Gasteiger partial charge in [-0.05, 0) is 36.6 Å². The van der Waals surface area contributed by atoms with Gasteiger partial charge < -0.3 is 10.6 Å². The van der Waals surface area contributed by atoms with Crippen LogP contribution in [0.3, 0.4) is 0 Å². The third-order valence-electron chi connectivity index (χ3n) is 3.64. The van der Waals surface area contributed by atoms with Crippen molar-refractivity contribution in [2.45, 2.75) is 31.7 Å². The number of nitrogens with zero attached hydrogens (tertiary/aromatic N) is 1. The summed E-state index contributed by atoms with van der Waals surface area (Å²) in [6.45, 7) is -0.0244. The number of halogens is 1. The third-order valence-corrected chi connectivity index (χ3v) is 3.88. The van der Waals surface area contributed by atoms with Gasteiger partial charge in [0.15, 0.2) is 0 Å². The van der Waals surface area contributed by atoms with E-state index >= 15 is 0 Å². The molecule has 1 aliphatic rings. The lowest BCUT2D eigenvalue weighted by Gasteiger charge is -2.26. The van der Waals surface area contributed by atoms with E-state index in [2.05, 4.69) is 0 Å². The van der Waals surface area contributed by atoms with Crippen molar-refractivity contribution in [2.24, 2.45) is 5.73 Å². The number of benzene rings is 1. The van der Waals surface area contributed by atoms with Crippen LogP contribution in [0.25, 0.3) is 6.08 Å². The summed E-state index contributed by atoms with van der Waals surface area (Å²) < 4.78 is 0. The second kappa shape index (κ2) is 7.27. The number of primary amides is 1. The fourth-order valence-electron chi connectivity index (χ4n) is 2.64. The Morgan fingerprint density at radius 2 is 2.05 bits per heavy atom. The Morgan fingerprint density at radius 3 is 2.67 bits per heavy atom. The average Bonchev–Trinajstić information content (AvgIpc) is 2.96. The Balaban J connectivity index is 2.08. The van der Waals surface area contributed by atoms with Crippen molar-refractivity contribution >= 4 is 29.5 Å². The van der Waals surface area contributed by atoms with Crippen molar-refractivity contribution in [1.82, 2.24) is 4.90 Å². The zero-order valence-electron chi connectivity index (χ0n) is 11.8. The lowest BCUT2D eigenvalue weighted by Crippen LogP contribution is -2.43. The molecule has 2 rings (SSSR count). The van der Waals surface area contributed by atoms with E-state index in [-0.39, 0.29) is 18.5 Å². The predicted octanol–water partition coefficient (Wildman–Crippen LogP) is 2.61. The standard InChI is InChI=1S/C16H19ClN2O2/c17-13-5-3-4-12(10-13)8-9-16(21)19(11-15(18)20)14-6-1-2-7-14/h3-5,8-10,14H,1-2,6-7,11H2,(H2,18,20)/b9-8-. The summed E-state index contributed by atoms with van der Waals surface area (Å²) >= 11 is 5.90. The van der Waals surface area contributed by atoms with Gasteiger partial charge in [-0.2, -0.15) is 0 Å². The fourth-order valence-corrected chi connectivity index (χ4v) is 2.84. The molecule has 0 aromatic heterocycles. The highest BCUT2D eigenvalue weighted by Crippen LogP contribution is 2.23. The monoisotopic (exact) mass is 306 g/mol. The molecule has 1 saturated carbocycles. The molecule has 0 spiro atoms. The Kier molecular flexibility index (Phi) is 5.39. The molecule has 112 valence electrons. The molecule has 5 heteroatoms. The first kappa shape index (κ1) is 15.6. The van der Waals surface area contributed by atoms with E-state index in [1.165, 1.54) is 6.08 Å². The van der Waals surface area contributed by atoms with Crippen LogP contribution in [0.1, 0.15) is 31.2 Å². The van der Waals surface area contributed by atoms with E-state index in [1.54, 1.807) is 23.1 Å². The van der Waals surface area contributed by atoms with Crippen LogP contribution in [0.5, 0.6) is 0 Å². The maximum absolute atomic E-state index is 12.3. The minimum absolute atomic E-state index is 0.0244. The summed E-state index contributed by atoms with van der Waals surface area (Å²) in [5.74, 6) is -0.660. The summed E-state index contributed by atoms with van der Waals surface area (Å²) in [5.41, 5.74) is 6.10. The van der Waals surface area contributed by atoms with Crippen LogP contribution in [0.15, 0.2) is 30.3 Å². The summed E-state index contributed by atoms with van der Waals surface area (Å²) in [7, 11) is 0. The van der Waals surface area contributed by atoms with Gasteiger partial charge in [-0.3, -0.25) is 9.59 Å². The molecule has 0 aliphatic heterocycles. The number of rotatable bonds is 5. The molecule has 4 nitrogen and oxygen atoms in total.